The third kappa shape index (κ3) is 3.26. The summed E-state index contributed by atoms with van der Waals surface area (Å²) in [5.41, 5.74) is 5.73. The Balaban J connectivity index is 2.54. The van der Waals surface area contributed by atoms with Crippen molar-refractivity contribution in [1.82, 2.24) is 15.6 Å². The summed E-state index contributed by atoms with van der Waals surface area (Å²) in [6, 6.07) is 3.07. The molecule has 0 atom stereocenters. The van der Waals surface area contributed by atoms with Gasteiger partial charge in [0, 0.05) is 13.2 Å². The van der Waals surface area contributed by atoms with E-state index in [1.807, 2.05) is 0 Å². The third-order valence-corrected chi connectivity index (χ3v) is 1.74. The van der Waals surface area contributed by atoms with Gasteiger partial charge in [0.05, 0.1) is 12.1 Å². The summed E-state index contributed by atoms with van der Waals surface area (Å²) in [7, 11) is 1.50. The Morgan fingerprint density at radius 2 is 2.20 bits per heavy atom. The molecule has 6 nitrogen and oxygen atoms in total. The van der Waals surface area contributed by atoms with Gasteiger partial charge in [0.2, 0.25) is 5.91 Å². The first kappa shape index (κ1) is 11.0. The Labute approximate surface area is 86.9 Å². The summed E-state index contributed by atoms with van der Waals surface area (Å²) < 4.78 is 0. The number of nitrogens with zero attached hydrogens (tertiary/aromatic N) is 1. The van der Waals surface area contributed by atoms with E-state index < -0.39 is 0 Å². The summed E-state index contributed by atoms with van der Waals surface area (Å²) >= 11 is 0. The van der Waals surface area contributed by atoms with E-state index >= 15 is 0 Å². The van der Waals surface area contributed by atoms with E-state index in [-0.39, 0.29) is 18.4 Å². The number of nitrogens with two attached hydrogens (primary N) is 1. The zero-order chi connectivity index (χ0) is 11.3. The van der Waals surface area contributed by atoms with Crippen LogP contribution >= 0.6 is 0 Å². The minimum atomic E-state index is -0.355. The first-order valence-electron chi connectivity index (χ1n) is 4.34. The molecule has 6 heteroatoms. The Morgan fingerprint density at radius 1 is 1.47 bits per heavy atom. The number of hydrogen-bond donors (Lipinski definition) is 3. The average Bonchev–Trinajstić information content (AvgIpc) is 2.26. The molecule has 4 N–H and O–H groups in total. The lowest BCUT2D eigenvalue weighted by molar-refractivity contribution is -0.119. The van der Waals surface area contributed by atoms with E-state index in [4.69, 9.17) is 5.73 Å². The quantitative estimate of drug-likeness (QED) is 0.602. The van der Waals surface area contributed by atoms with Crippen molar-refractivity contribution in [1.29, 1.82) is 0 Å². The van der Waals surface area contributed by atoms with Gasteiger partial charge in [-0.05, 0) is 12.1 Å². The molecule has 0 radical (unpaired) electrons. The molecular weight excluding hydrogens is 196 g/mol. The van der Waals surface area contributed by atoms with E-state index in [1.165, 1.54) is 19.3 Å². The van der Waals surface area contributed by atoms with Crippen molar-refractivity contribution >= 4 is 17.6 Å². The molecule has 0 fully saturated rings. The summed E-state index contributed by atoms with van der Waals surface area (Å²) in [6.07, 6.45) is 1.36. The van der Waals surface area contributed by atoms with Crippen molar-refractivity contribution in [3.8, 4) is 0 Å². The molecule has 0 bridgehead atoms. The van der Waals surface area contributed by atoms with Gasteiger partial charge in [-0.1, -0.05) is 0 Å². The molecule has 0 aliphatic carbocycles. The van der Waals surface area contributed by atoms with Gasteiger partial charge >= 0.3 is 0 Å². The van der Waals surface area contributed by atoms with Crippen LogP contribution in [-0.2, 0) is 4.79 Å². The smallest absolute Gasteiger partial charge is 0.253 e. The second kappa shape index (κ2) is 4.94. The average molecular weight is 208 g/mol. The predicted molar refractivity (Wildman–Crippen MR) is 55.0 cm³/mol. The Bertz CT molecular complexity index is 361. The van der Waals surface area contributed by atoms with Gasteiger partial charge in [-0.15, -0.1) is 0 Å². The van der Waals surface area contributed by atoms with E-state index in [0.717, 1.165) is 0 Å². The number of pyridine rings is 1. The van der Waals surface area contributed by atoms with Crippen LogP contribution in [0.25, 0.3) is 0 Å². The molecule has 0 aliphatic rings. The first-order chi connectivity index (χ1) is 7.13. The van der Waals surface area contributed by atoms with Crippen molar-refractivity contribution in [2.45, 2.75) is 0 Å². The molecule has 2 amide bonds. The maximum atomic E-state index is 11.4. The van der Waals surface area contributed by atoms with Gasteiger partial charge in [0.25, 0.3) is 5.91 Å². The second-order valence-electron chi connectivity index (χ2n) is 2.83. The van der Waals surface area contributed by atoms with Crippen LogP contribution in [0.4, 0.5) is 5.82 Å². The standard InChI is InChI=1S/C9H12N4O2/c1-11-8(14)5-13-9(15)6-2-3-7(10)12-4-6/h2-4H,5H2,1H3,(H2,10,12)(H,11,14)(H,13,15). The van der Waals surface area contributed by atoms with Gasteiger partial charge in [0.15, 0.2) is 0 Å². The van der Waals surface area contributed by atoms with E-state index in [2.05, 4.69) is 15.6 Å². The fourth-order valence-corrected chi connectivity index (χ4v) is 0.891. The van der Waals surface area contributed by atoms with Crippen molar-refractivity contribution in [2.24, 2.45) is 0 Å². The van der Waals surface area contributed by atoms with Crippen LogP contribution in [0.1, 0.15) is 10.4 Å². The summed E-state index contributed by atoms with van der Waals surface area (Å²) in [6.45, 7) is -0.0558. The molecule has 1 heterocycles. The Hall–Kier alpha value is -2.11. The zero-order valence-electron chi connectivity index (χ0n) is 8.28. The molecule has 0 aromatic carbocycles. The zero-order valence-corrected chi connectivity index (χ0v) is 8.28. The fourth-order valence-electron chi connectivity index (χ4n) is 0.891. The van der Waals surface area contributed by atoms with Gasteiger partial charge in [-0.3, -0.25) is 9.59 Å². The third-order valence-electron chi connectivity index (χ3n) is 1.74. The van der Waals surface area contributed by atoms with E-state index in [9.17, 15) is 9.59 Å². The molecular formula is C9H12N4O2. The fraction of sp³-hybridized carbons (Fsp3) is 0.222. The number of hydrogen-bond acceptors (Lipinski definition) is 4. The maximum absolute atomic E-state index is 11.4. The lowest BCUT2D eigenvalue weighted by Crippen LogP contribution is -2.35. The molecule has 0 saturated heterocycles. The lowest BCUT2D eigenvalue weighted by atomic mass is 10.2. The second-order valence-corrected chi connectivity index (χ2v) is 2.83. The van der Waals surface area contributed by atoms with Crippen LogP contribution in [0.3, 0.4) is 0 Å². The highest BCUT2D eigenvalue weighted by atomic mass is 16.2. The number of amides is 2. The van der Waals surface area contributed by atoms with Crippen LogP contribution in [0.5, 0.6) is 0 Å². The van der Waals surface area contributed by atoms with Crippen molar-refractivity contribution in [3.63, 3.8) is 0 Å². The van der Waals surface area contributed by atoms with Gasteiger partial charge in [-0.25, -0.2) is 4.98 Å². The molecule has 0 aliphatic heterocycles. The molecule has 15 heavy (non-hydrogen) atoms. The minimum absolute atomic E-state index is 0.0558. The molecule has 0 unspecified atom stereocenters. The number of carbonyl (C=O) groups excluding carboxylic acids is 2. The van der Waals surface area contributed by atoms with Crippen LogP contribution in [0.2, 0.25) is 0 Å². The summed E-state index contributed by atoms with van der Waals surface area (Å²) in [5.74, 6) is -0.268. The molecule has 1 aromatic heterocycles. The number of likely N-dealkylation sites (N-methyl/N-ethyl adjacent to an activating group) is 1. The molecule has 80 valence electrons. The molecule has 1 aromatic rings. The van der Waals surface area contributed by atoms with Crippen LogP contribution in [0, 0.1) is 0 Å². The number of aromatic nitrogens is 1. The molecule has 0 spiro atoms. The summed E-state index contributed by atoms with van der Waals surface area (Å²) in [5, 5.41) is 4.83. The monoisotopic (exact) mass is 208 g/mol. The number of nitrogen functional groups attached to an aromatic ring is 1. The Kier molecular flexibility index (Phi) is 3.61. The number of carbonyl (C=O) groups is 2. The topological polar surface area (TPSA) is 97.1 Å². The SMILES string of the molecule is CNC(=O)CNC(=O)c1ccc(N)nc1. The highest BCUT2D eigenvalue weighted by Gasteiger charge is 2.06. The largest absolute Gasteiger partial charge is 0.384 e. The van der Waals surface area contributed by atoms with E-state index in [1.54, 1.807) is 6.07 Å². The first-order valence-corrected chi connectivity index (χ1v) is 4.34. The van der Waals surface area contributed by atoms with Crippen molar-refractivity contribution in [3.05, 3.63) is 23.9 Å². The highest BCUT2D eigenvalue weighted by molar-refractivity contribution is 5.96. The van der Waals surface area contributed by atoms with Crippen LogP contribution in [-0.4, -0.2) is 30.4 Å². The predicted octanol–water partition coefficient (Wildman–Crippen LogP) is -0.860. The minimum Gasteiger partial charge on any atom is -0.384 e. The van der Waals surface area contributed by atoms with Crippen LogP contribution < -0.4 is 16.4 Å². The number of nitrogens with one attached hydrogen (secondary N) is 2. The Morgan fingerprint density at radius 3 is 2.73 bits per heavy atom. The summed E-state index contributed by atoms with van der Waals surface area (Å²) in [4.78, 5) is 26.0. The van der Waals surface area contributed by atoms with Crippen LogP contribution in [0.15, 0.2) is 18.3 Å². The highest BCUT2D eigenvalue weighted by Crippen LogP contribution is 2.00. The van der Waals surface area contributed by atoms with Gasteiger partial charge in [0.1, 0.15) is 5.82 Å². The van der Waals surface area contributed by atoms with Crippen molar-refractivity contribution in [2.75, 3.05) is 19.3 Å². The normalized spacial score (nSPS) is 9.40. The van der Waals surface area contributed by atoms with Gasteiger partial charge in [-0.2, -0.15) is 0 Å². The molecule has 1 rings (SSSR count). The van der Waals surface area contributed by atoms with E-state index in [0.29, 0.717) is 11.4 Å². The number of anilines is 1. The lowest BCUT2D eigenvalue weighted by Gasteiger charge is -2.03. The van der Waals surface area contributed by atoms with Gasteiger partial charge < -0.3 is 16.4 Å². The number of rotatable bonds is 3. The maximum Gasteiger partial charge on any atom is 0.253 e. The van der Waals surface area contributed by atoms with Crippen molar-refractivity contribution < 1.29 is 9.59 Å². The molecule has 0 saturated carbocycles.